The molecular formula is C26H25FN4O3. The summed E-state index contributed by atoms with van der Waals surface area (Å²) in [5.41, 5.74) is 2.89. The van der Waals surface area contributed by atoms with Crippen LogP contribution in [0.4, 0.5) is 4.39 Å². The predicted molar refractivity (Wildman–Crippen MR) is 126 cm³/mol. The van der Waals surface area contributed by atoms with Crippen molar-refractivity contribution in [3.8, 4) is 11.4 Å². The molecule has 0 unspecified atom stereocenters. The number of imidazole rings is 1. The number of methoxy groups -OCH3 is 1. The lowest BCUT2D eigenvalue weighted by molar-refractivity contribution is -0.159. The van der Waals surface area contributed by atoms with E-state index in [1.54, 1.807) is 25.6 Å². The maximum Gasteiger partial charge on any atom is 0.295 e. The molecule has 5 rings (SSSR count). The van der Waals surface area contributed by atoms with E-state index in [2.05, 4.69) is 10.1 Å². The van der Waals surface area contributed by atoms with Gasteiger partial charge in [-0.25, -0.2) is 9.37 Å². The lowest BCUT2D eigenvalue weighted by Gasteiger charge is -2.38. The Morgan fingerprint density at radius 1 is 1.24 bits per heavy atom. The van der Waals surface area contributed by atoms with Crippen molar-refractivity contribution in [3.05, 3.63) is 83.2 Å². The molecule has 1 fully saturated rings. The van der Waals surface area contributed by atoms with Crippen LogP contribution in [0.2, 0.25) is 0 Å². The van der Waals surface area contributed by atoms with Crippen molar-refractivity contribution in [1.82, 2.24) is 14.5 Å². The number of fused-ring (bicyclic) bond motifs is 1. The van der Waals surface area contributed by atoms with Gasteiger partial charge in [0.05, 0.1) is 24.8 Å². The number of piperidine rings is 1. The topological polar surface area (TPSA) is 69.0 Å². The molecule has 0 spiro atoms. The smallest absolute Gasteiger partial charge is 0.295 e. The number of carbonyl (C=O) groups excluding carboxylic acids is 1. The highest BCUT2D eigenvalue weighted by molar-refractivity contribution is 6.06. The molecule has 3 heterocycles. The standard InChI is InChI=1S/C26H25FN4O3/c1-17-15-30(16-28-17)23-11-6-19(14-24(23)33-3)13-20-5-4-12-31-25(20)29-34-26(31,18(2)32)21-7-9-22(27)10-8-21/h6-11,13-16H,4-5,12H2,1-3H3/b20-13+/t26-/m1/s1. The van der Waals surface area contributed by atoms with E-state index in [4.69, 9.17) is 9.57 Å². The average molecular weight is 461 g/mol. The molecule has 1 saturated heterocycles. The van der Waals surface area contributed by atoms with E-state index in [1.165, 1.54) is 19.1 Å². The second kappa shape index (κ2) is 8.44. The first-order chi connectivity index (χ1) is 16.4. The SMILES string of the molecule is COc1cc(/C=C2\CCCN3C2=NO[C@]3(C(C)=O)c2ccc(F)cc2)ccc1-n1cnc(C)c1. The summed E-state index contributed by atoms with van der Waals surface area (Å²) in [4.78, 5) is 24.9. The number of amidine groups is 1. The van der Waals surface area contributed by atoms with Crippen molar-refractivity contribution in [1.29, 1.82) is 0 Å². The maximum absolute atomic E-state index is 13.5. The fraction of sp³-hybridized carbons (Fsp3) is 0.269. The summed E-state index contributed by atoms with van der Waals surface area (Å²) < 4.78 is 21.1. The summed E-state index contributed by atoms with van der Waals surface area (Å²) >= 11 is 0. The van der Waals surface area contributed by atoms with Crippen LogP contribution in [-0.4, -0.2) is 39.7 Å². The minimum absolute atomic E-state index is 0.208. The number of aryl methyl sites for hydroxylation is 1. The fourth-order valence-corrected chi connectivity index (χ4v) is 4.62. The first-order valence-corrected chi connectivity index (χ1v) is 11.1. The predicted octanol–water partition coefficient (Wildman–Crippen LogP) is 4.59. The molecule has 0 bridgehead atoms. The van der Waals surface area contributed by atoms with E-state index in [9.17, 15) is 9.18 Å². The van der Waals surface area contributed by atoms with Gasteiger partial charge in [-0.1, -0.05) is 11.2 Å². The molecule has 2 aromatic carbocycles. The average Bonchev–Trinajstić information content (AvgIpc) is 3.44. The number of rotatable bonds is 5. The second-order valence-corrected chi connectivity index (χ2v) is 8.49. The highest BCUT2D eigenvalue weighted by Crippen LogP contribution is 2.41. The third-order valence-electron chi connectivity index (χ3n) is 6.26. The number of aromatic nitrogens is 2. The van der Waals surface area contributed by atoms with E-state index in [-0.39, 0.29) is 11.6 Å². The maximum atomic E-state index is 13.5. The van der Waals surface area contributed by atoms with Crippen molar-refractivity contribution in [2.75, 3.05) is 13.7 Å². The van der Waals surface area contributed by atoms with Crippen LogP contribution in [0, 0.1) is 12.7 Å². The highest BCUT2D eigenvalue weighted by Gasteiger charge is 2.53. The molecule has 7 nitrogen and oxygen atoms in total. The van der Waals surface area contributed by atoms with Crippen molar-refractivity contribution >= 4 is 17.7 Å². The zero-order valence-electron chi connectivity index (χ0n) is 19.3. The number of ether oxygens (including phenoxy) is 1. The summed E-state index contributed by atoms with van der Waals surface area (Å²) in [5, 5.41) is 4.34. The molecule has 0 radical (unpaired) electrons. The Hall–Kier alpha value is -3.94. The van der Waals surface area contributed by atoms with Gasteiger partial charge in [-0.2, -0.15) is 0 Å². The monoisotopic (exact) mass is 460 g/mol. The van der Waals surface area contributed by atoms with Crippen molar-refractivity contribution in [2.45, 2.75) is 32.4 Å². The van der Waals surface area contributed by atoms with E-state index in [0.717, 1.165) is 35.4 Å². The van der Waals surface area contributed by atoms with Crippen LogP contribution in [0.1, 0.15) is 36.6 Å². The number of halogens is 1. The summed E-state index contributed by atoms with van der Waals surface area (Å²) in [7, 11) is 1.64. The Morgan fingerprint density at radius 2 is 2.03 bits per heavy atom. The number of Topliss-reactive ketones (excluding diaryl/α,β-unsaturated/α-hetero) is 1. The summed E-state index contributed by atoms with van der Waals surface area (Å²) in [6.07, 6.45) is 7.36. The third-order valence-corrected chi connectivity index (χ3v) is 6.26. The van der Waals surface area contributed by atoms with E-state index < -0.39 is 5.72 Å². The molecule has 174 valence electrons. The molecule has 8 heteroatoms. The van der Waals surface area contributed by atoms with Gasteiger partial charge in [0, 0.05) is 25.2 Å². The van der Waals surface area contributed by atoms with Crippen LogP contribution in [-0.2, 0) is 15.4 Å². The molecule has 0 amide bonds. The first-order valence-electron chi connectivity index (χ1n) is 11.1. The molecular weight excluding hydrogens is 435 g/mol. The Bertz CT molecular complexity index is 1310. The number of carbonyl (C=O) groups is 1. The molecule has 0 saturated carbocycles. The number of hydrogen-bond acceptors (Lipinski definition) is 6. The van der Waals surface area contributed by atoms with Crippen molar-refractivity contribution in [2.24, 2.45) is 5.16 Å². The summed E-state index contributed by atoms with van der Waals surface area (Å²) in [6, 6.07) is 11.8. The molecule has 0 N–H and O–H groups in total. The number of ketones is 1. The Balaban J connectivity index is 1.50. The van der Waals surface area contributed by atoms with Gasteiger partial charge < -0.3 is 19.0 Å². The summed E-state index contributed by atoms with van der Waals surface area (Å²) in [6.45, 7) is 4.02. The molecule has 3 aromatic rings. The van der Waals surface area contributed by atoms with Crippen LogP contribution in [0.15, 0.2) is 65.7 Å². The van der Waals surface area contributed by atoms with Gasteiger partial charge >= 0.3 is 0 Å². The number of benzene rings is 2. The molecule has 0 aliphatic carbocycles. The van der Waals surface area contributed by atoms with Crippen molar-refractivity contribution in [3.63, 3.8) is 0 Å². The number of hydrogen-bond donors (Lipinski definition) is 0. The van der Waals surface area contributed by atoms with Gasteiger partial charge in [-0.05, 0) is 73.4 Å². The van der Waals surface area contributed by atoms with E-state index in [1.807, 2.05) is 46.9 Å². The van der Waals surface area contributed by atoms with Crippen LogP contribution in [0.25, 0.3) is 11.8 Å². The van der Waals surface area contributed by atoms with Gasteiger partial charge in [0.25, 0.3) is 5.72 Å². The van der Waals surface area contributed by atoms with Crippen molar-refractivity contribution < 1.29 is 18.8 Å². The van der Waals surface area contributed by atoms with Gasteiger partial charge in [0.15, 0.2) is 5.84 Å². The van der Waals surface area contributed by atoms with Gasteiger partial charge in [0.2, 0.25) is 5.78 Å². The Morgan fingerprint density at radius 3 is 2.71 bits per heavy atom. The molecule has 2 aliphatic rings. The Labute approximate surface area is 197 Å². The highest BCUT2D eigenvalue weighted by atomic mass is 19.1. The zero-order valence-corrected chi connectivity index (χ0v) is 19.3. The lowest BCUT2D eigenvalue weighted by atomic mass is 9.92. The molecule has 34 heavy (non-hydrogen) atoms. The van der Waals surface area contributed by atoms with Crippen LogP contribution < -0.4 is 4.74 Å². The summed E-state index contributed by atoms with van der Waals surface area (Å²) in [5.74, 6) is 0.761. The normalized spacial score (nSPS) is 20.6. The first kappa shape index (κ1) is 21.9. The van der Waals surface area contributed by atoms with Crippen LogP contribution in [0.3, 0.4) is 0 Å². The van der Waals surface area contributed by atoms with Crippen LogP contribution >= 0.6 is 0 Å². The minimum Gasteiger partial charge on any atom is -0.495 e. The van der Waals surface area contributed by atoms with Gasteiger partial charge in [0.1, 0.15) is 11.6 Å². The van der Waals surface area contributed by atoms with Gasteiger partial charge in [-0.3, -0.25) is 4.79 Å². The lowest BCUT2D eigenvalue weighted by Crippen LogP contribution is -2.53. The second-order valence-electron chi connectivity index (χ2n) is 8.49. The fourth-order valence-electron chi connectivity index (χ4n) is 4.62. The molecule has 1 atom stereocenters. The van der Waals surface area contributed by atoms with Crippen LogP contribution in [0.5, 0.6) is 5.75 Å². The largest absolute Gasteiger partial charge is 0.495 e. The number of nitrogens with zero attached hydrogens (tertiary/aromatic N) is 4. The zero-order chi connectivity index (χ0) is 23.9. The minimum atomic E-state index is -1.39. The van der Waals surface area contributed by atoms with E-state index >= 15 is 0 Å². The van der Waals surface area contributed by atoms with E-state index in [0.29, 0.717) is 23.7 Å². The van der Waals surface area contributed by atoms with Gasteiger partial charge in [-0.15, -0.1) is 0 Å². The third kappa shape index (κ3) is 3.55. The molecule has 1 aromatic heterocycles. The quantitative estimate of drug-likeness (QED) is 0.557. The molecule has 2 aliphatic heterocycles. The Kier molecular flexibility index (Phi) is 5.43. The number of oxime groups is 1.